The Bertz CT molecular complexity index is 1060. The molecular formula is C23H16N6O2. The van der Waals surface area contributed by atoms with Crippen LogP contribution < -0.4 is 29.1 Å². The average molecular weight is 408 g/mol. The van der Waals surface area contributed by atoms with Gasteiger partial charge in [-0.05, 0) is 36.4 Å². The first-order valence-corrected chi connectivity index (χ1v) is 9.68. The zero-order chi connectivity index (χ0) is 20.6. The molecule has 8 nitrogen and oxygen atoms in total. The summed E-state index contributed by atoms with van der Waals surface area (Å²) in [6.07, 6.45) is 11.1. The van der Waals surface area contributed by atoms with Gasteiger partial charge in [0.05, 0.1) is 11.4 Å². The van der Waals surface area contributed by atoms with Crippen molar-refractivity contribution in [2.45, 2.75) is 0 Å². The summed E-state index contributed by atoms with van der Waals surface area (Å²) >= 11 is 0. The lowest BCUT2D eigenvalue weighted by molar-refractivity contribution is 0.174. The SMILES string of the molecule is [C]1N(c2ccccn2)C=CN1c1ccc(N2[C]N(c3ccccn3)C=C2)c2c1OCO2. The van der Waals surface area contributed by atoms with Gasteiger partial charge in [-0.2, -0.15) is 0 Å². The normalized spacial score (nSPS) is 16.6. The van der Waals surface area contributed by atoms with Crippen LogP contribution in [0.2, 0.25) is 0 Å². The molecule has 3 aliphatic heterocycles. The van der Waals surface area contributed by atoms with Crippen LogP contribution in [-0.4, -0.2) is 16.8 Å². The van der Waals surface area contributed by atoms with Crippen molar-refractivity contribution in [1.82, 2.24) is 9.97 Å². The van der Waals surface area contributed by atoms with Crippen molar-refractivity contribution in [3.8, 4) is 11.5 Å². The number of aromatic nitrogens is 2. The minimum Gasteiger partial charge on any atom is -0.451 e. The molecule has 0 fully saturated rings. The number of rotatable bonds is 4. The maximum absolute atomic E-state index is 5.82. The zero-order valence-electron chi connectivity index (χ0n) is 16.3. The lowest BCUT2D eigenvalue weighted by atomic mass is 10.2. The van der Waals surface area contributed by atoms with E-state index in [2.05, 4.69) is 23.3 Å². The molecule has 4 radical (unpaired) electrons. The van der Waals surface area contributed by atoms with Crippen molar-refractivity contribution in [3.05, 3.63) is 99.1 Å². The van der Waals surface area contributed by atoms with Crippen LogP contribution >= 0.6 is 0 Å². The van der Waals surface area contributed by atoms with E-state index >= 15 is 0 Å². The highest BCUT2D eigenvalue weighted by Gasteiger charge is 2.31. The minimum atomic E-state index is 0.155. The molecule has 0 saturated heterocycles. The third-order valence-electron chi connectivity index (χ3n) is 4.95. The first-order chi connectivity index (χ1) is 15.4. The number of anilines is 4. The maximum Gasteiger partial charge on any atom is 0.231 e. The second kappa shape index (κ2) is 7.24. The van der Waals surface area contributed by atoms with Crippen molar-refractivity contribution >= 4 is 23.0 Å². The van der Waals surface area contributed by atoms with E-state index in [9.17, 15) is 0 Å². The van der Waals surface area contributed by atoms with Crippen LogP contribution in [0.1, 0.15) is 0 Å². The molecule has 0 spiro atoms. The predicted octanol–water partition coefficient (Wildman–Crippen LogP) is 3.79. The number of hydrogen-bond donors (Lipinski definition) is 0. The van der Waals surface area contributed by atoms with Crippen LogP contribution in [0.3, 0.4) is 0 Å². The standard InChI is InChI=1S/C23H16N6O2/c1-3-9-24-20(5-1)28-13-11-26(15-28)18-7-8-19(23-22(18)30-17-31-23)27-12-14-29(16-27)21-6-2-4-10-25-21/h1-14H,17H2. The molecule has 2 aromatic heterocycles. The summed E-state index contributed by atoms with van der Waals surface area (Å²) in [5.74, 6) is 2.88. The smallest absolute Gasteiger partial charge is 0.231 e. The summed E-state index contributed by atoms with van der Waals surface area (Å²) in [5.41, 5.74) is 1.66. The van der Waals surface area contributed by atoms with E-state index in [0.29, 0.717) is 11.5 Å². The number of ether oxygens (including phenoxy) is 2. The Morgan fingerprint density at radius 1 is 0.613 bits per heavy atom. The van der Waals surface area contributed by atoms with Crippen LogP contribution in [0.4, 0.5) is 23.0 Å². The third kappa shape index (κ3) is 3.09. The van der Waals surface area contributed by atoms with Gasteiger partial charge in [0.2, 0.25) is 20.1 Å². The number of pyridine rings is 2. The number of hydrogen-bond acceptors (Lipinski definition) is 8. The van der Waals surface area contributed by atoms with E-state index in [1.165, 1.54) is 0 Å². The van der Waals surface area contributed by atoms with Crippen molar-refractivity contribution in [1.29, 1.82) is 0 Å². The van der Waals surface area contributed by atoms with Gasteiger partial charge in [0.15, 0.2) is 11.5 Å². The van der Waals surface area contributed by atoms with Crippen LogP contribution in [0, 0.1) is 13.3 Å². The number of fused-ring (bicyclic) bond motifs is 1. The van der Waals surface area contributed by atoms with E-state index in [0.717, 1.165) is 23.0 Å². The van der Waals surface area contributed by atoms with E-state index in [-0.39, 0.29) is 6.79 Å². The van der Waals surface area contributed by atoms with Crippen LogP contribution in [0.5, 0.6) is 11.5 Å². The van der Waals surface area contributed by atoms with Crippen LogP contribution in [0.25, 0.3) is 0 Å². The molecule has 0 bridgehead atoms. The third-order valence-corrected chi connectivity index (χ3v) is 4.95. The van der Waals surface area contributed by atoms with Crippen LogP contribution in [0.15, 0.2) is 85.7 Å². The molecule has 3 aromatic rings. The summed E-state index contributed by atoms with van der Waals surface area (Å²) in [6, 6.07) is 15.4. The minimum absolute atomic E-state index is 0.155. The van der Waals surface area contributed by atoms with Gasteiger partial charge < -0.3 is 19.3 Å². The van der Waals surface area contributed by atoms with Crippen LogP contribution in [-0.2, 0) is 0 Å². The van der Waals surface area contributed by atoms with Gasteiger partial charge in [-0.15, -0.1) is 0 Å². The van der Waals surface area contributed by atoms with E-state index in [1.54, 1.807) is 12.4 Å². The van der Waals surface area contributed by atoms with E-state index in [1.807, 2.05) is 92.9 Å². The second-order valence-electron chi connectivity index (χ2n) is 6.82. The molecule has 0 saturated carbocycles. The van der Waals surface area contributed by atoms with Gasteiger partial charge in [-0.1, -0.05) is 12.1 Å². The average Bonchev–Trinajstić information content (AvgIpc) is 3.60. The highest BCUT2D eigenvalue weighted by atomic mass is 16.7. The zero-order valence-corrected chi connectivity index (χ0v) is 16.3. The molecular weight excluding hydrogens is 392 g/mol. The van der Waals surface area contributed by atoms with Gasteiger partial charge >= 0.3 is 0 Å². The first-order valence-electron chi connectivity index (χ1n) is 9.68. The summed E-state index contributed by atoms with van der Waals surface area (Å²) in [6.45, 7) is 6.69. The molecule has 0 atom stereocenters. The fraction of sp³-hybridized carbons (Fsp3) is 0.0435. The molecule has 6 rings (SSSR count). The Morgan fingerprint density at radius 3 is 1.55 bits per heavy atom. The molecule has 0 unspecified atom stereocenters. The maximum atomic E-state index is 5.82. The summed E-state index contributed by atoms with van der Waals surface area (Å²) in [7, 11) is 0. The molecule has 1 aromatic carbocycles. The molecule has 3 aliphatic rings. The number of nitrogens with zero attached hydrogens (tertiary/aromatic N) is 6. The predicted molar refractivity (Wildman–Crippen MR) is 116 cm³/mol. The lowest BCUT2D eigenvalue weighted by Crippen LogP contribution is -2.20. The Hall–Kier alpha value is -4.20. The monoisotopic (exact) mass is 408 g/mol. The van der Waals surface area contributed by atoms with Crippen molar-refractivity contribution in [2.75, 3.05) is 26.4 Å². The van der Waals surface area contributed by atoms with Gasteiger partial charge in [0.25, 0.3) is 0 Å². The Morgan fingerprint density at radius 2 is 1.10 bits per heavy atom. The highest BCUT2D eigenvalue weighted by Crippen LogP contribution is 2.49. The Balaban J connectivity index is 1.25. The Labute approximate surface area is 179 Å². The highest BCUT2D eigenvalue weighted by molar-refractivity contribution is 5.80. The topological polar surface area (TPSA) is 57.2 Å². The fourth-order valence-corrected chi connectivity index (χ4v) is 3.50. The fourth-order valence-electron chi connectivity index (χ4n) is 3.50. The first kappa shape index (κ1) is 17.6. The van der Waals surface area contributed by atoms with E-state index < -0.39 is 0 Å². The van der Waals surface area contributed by atoms with Gasteiger partial charge in [-0.25, -0.2) is 9.97 Å². The van der Waals surface area contributed by atoms with Crippen molar-refractivity contribution in [2.24, 2.45) is 0 Å². The van der Waals surface area contributed by atoms with Crippen molar-refractivity contribution < 1.29 is 9.47 Å². The second-order valence-corrected chi connectivity index (χ2v) is 6.82. The quantitative estimate of drug-likeness (QED) is 0.646. The lowest BCUT2D eigenvalue weighted by Gasteiger charge is -2.22. The largest absolute Gasteiger partial charge is 0.451 e. The molecule has 5 heterocycles. The van der Waals surface area contributed by atoms with E-state index in [4.69, 9.17) is 9.47 Å². The summed E-state index contributed by atoms with van der Waals surface area (Å²) in [5, 5.41) is 0. The molecule has 31 heavy (non-hydrogen) atoms. The Kier molecular flexibility index (Phi) is 4.12. The van der Waals surface area contributed by atoms with Gasteiger partial charge in [0, 0.05) is 37.2 Å². The molecule has 150 valence electrons. The van der Waals surface area contributed by atoms with Gasteiger partial charge in [-0.3, -0.25) is 9.80 Å². The summed E-state index contributed by atoms with van der Waals surface area (Å²) < 4.78 is 11.6. The molecule has 8 heteroatoms. The molecule has 0 amide bonds. The number of benzene rings is 1. The summed E-state index contributed by atoms with van der Waals surface area (Å²) in [4.78, 5) is 16.1. The molecule has 0 N–H and O–H groups in total. The van der Waals surface area contributed by atoms with Crippen molar-refractivity contribution in [3.63, 3.8) is 0 Å². The molecule has 0 aliphatic carbocycles. The van der Waals surface area contributed by atoms with Gasteiger partial charge in [0.1, 0.15) is 11.6 Å².